The smallest absolute Gasteiger partial charge is 0.310 e. The van der Waals surface area contributed by atoms with Crippen molar-refractivity contribution in [3.05, 3.63) is 197 Å². The van der Waals surface area contributed by atoms with E-state index in [-0.39, 0.29) is 19.0 Å². The van der Waals surface area contributed by atoms with Gasteiger partial charge in [-0.05, 0) is 45.0 Å². The predicted molar refractivity (Wildman–Crippen MR) is 184 cm³/mol. The average Bonchev–Trinajstić information content (AvgIpc) is 3.44. The van der Waals surface area contributed by atoms with Crippen LogP contribution in [0, 0.1) is 0 Å². The Kier molecular flexibility index (Phi) is 7.00. The normalized spacial score (nSPS) is 12.8. The van der Waals surface area contributed by atoms with Crippen LogP contribution >= 0.6 is 0 Å². The number of nitrogens with zero attached hydrogens (tertiary/aromatic N) is 1. The van der Waals surface area contributed by atoms with Crippen LogP contribution in [0.3, 0.4) is 0 Å². The number of para-hydroxylation sites is 1. The first-order chi connectivity index (χ1) is 22.7. The van der Waals surface area contributed by atoms with Crippen LogP contribution in [-0.4, -0.2) is 11.0 Å². The van der Waals surface area contributed by atoms with E-state index in [4.69, 9.17) is 9.72 Å². The molecule has 0 saturated carbocycles. The molecule has 46 heavy (non-hydrogen) atoms. The van der Waals surface area contributed by atoms with Gasteiger partial charge in [-0.25, -0.2) is 4.98 Å². The molecule has 0 N–H and O–H groups in total. The van der Waals surface area contributed by atoms with Crippen molar-refractivity contribution in [2.75, 3.05) is 0 Å². The lowest BCUT2D eigenvalue weighted by Crippen LogP contribution is -2.29. The summed E-state index contributed by atoms with van der Waals surface area (Å²) in [6.07, 6.45) is 0.213. The van der Waals surface area contributed by atoms with Crippen LogP contribution in [-0.2, 0) is 28.0 Å². The Morgan fingerprint density at radius 2 is 1.17 bits per heavy atom. The Bertz CT molecular complexity index is 2130. The number of rotatable bonds is 7. The van der Waals surface area contributed by atoms with E-state index in [1.165, 1.54) is 27.8 Å². The molecule has 0 saturated heterocycles. The standard InChI is InChI=1S/C43H31NO2/c45-39(46-29-31-14-4-1-5-15-31)28-30-24-26-32(27-25-30)42-40-35-20-10-12-22-37(35)43(33-16-6-2-7-17-33,34-18-8-3-9-19-34)41(40)36-21-11-13-23-38(36)44-42/h1-27H,28-29H2. The zero-order valence-electron chi connectivity index (χ0n) is 25.3. The van der Waals surface area contributed by atoms with Gasteiger partial charge < -0.3 is 4.74 Å². The van der Waals surface area contributed by atoms with Crippen LogP contribution in [0.5, 0.6) is 0 Å². The Labute approximate surface area is 268 Å². The number of ether oxygens (including phenoxy) is 1. The molecule has 0 radical (unpaired) electrons. The molecule has 8 rings (SSSR count). The Balaban J connectivity index is 1.29. The summed E-state index contributed by atoms with van der Waals surface area (Å²) in [5.74, 6) is -0.245. The fourth-order valence-electron chi connectivity index (χ4n) is 7.11. The molecule has 1 heterocycles. The van der Waals surface area contributed by atoms with Crippen LogP contribution in [0.25, 0.3) is 33.3 Å². The zero-order chi connectivity index (χ0) is 30.9. The van der Waals surface area contributed by atoms with Crippen molar-refractivity contribution in [1.82, 2.24) is 4.98 Å². The van der Waals surface area contributed by atoms with Crippen molar-refractivity contribution in [3.8, 4) is 22.4 Å². The molecule has 0 fully saturated rings. The SMILES string of the molecule is O=C(Cc1ccc(-c2nc3ccccc3c3c2-c2ccccc2C3(c2ccccc2)c2ccccc2)cc1)OCc1ccccc1. The van der Waals surface area contributed by atoms with E-state index in [0.717, 1.165) is 38.9 Å². The lowest BCUT2D eigenvalue weighted by molar-refractivity contribution is -0.144. The van der Waals surface area contributed by atoms with Gasteiger partial charge >= 0.3 is 5.97 Å². The van der Waals surface area contributed by atoms with E-state index in [1.807, 2.05) is 42.5 Å². The molecule has 0 bridgehead atoms. The molecular formula is C43H31NO2. The van der Waals surface area contributed by atoms with Crippen molar-refractivity contribution in [3.63, 3.8) is 0 Å². The van der Waals surface area contributed by atoms with Gasteiger partial charge in [-0.2, -0.15) is 0 Å². The summed E-state index contributed by atoms with van der Waals surface area (Å²) in [6.45, 7) is 0.273. The summed E-state index contributed by atoms with van der Waals surface area (Å²) in [4.78, 5) is 18.0. The molecule has 0 atom stereocenters. The van der Waals surface area contributed by atoms with Crippen LogP contribution in [0.2, 0.25) is 0 Å². The van der Waals surface area contributed by atoms with Crippen molar-refractivity contribution < 1.29 is 9.53 Å². The second-order valence-electron chi connectivity index (χ2n) is 11.8. The number of hydrogen-bond acceptors (Lipinski definition) is 3. The molecular weight excluding hydrogens is 562 g/mol. The minimum atomic E-state index is -0.534. The summed E-state index contributed by atoms with van der Waals surface area (Å²) < 4.78 is 5.55. The number of hydrogen-bond donors (Lipinski definition) is 0. The number of benzene rings is 6. The third-order valence-corrected chi connectivity index (χ3v) is 9.10. The van der Waals surface area contributed by atoms with E-state index in [1.54, 1.807) is 0 Å². The molecule has 3 heteroatoms. The van der Waals surface area contributed by atoms with Gasteiger partial charge in [0.25, 0.3) is 0 Å². The Morgan fingerprint density at radius 1 is 0.587 bits per heavy atom. The molecule has 0 unspecified atom stereocenters. The van der Waals surface area contributed by atoms with Crippen molar-refractivity contribution >= 4 is 16.9 Å². The van der Waals surface area contributed by atoms with E-state index >= 15 is 0 Å². The van der Waals surface area contributed by atoms with Gasteiger partial charge in [-0.15, -0.1) is 0 Å². The minimum absolute atomic E-state index is 0.213. The number of carbonyl (C=O) groups is 1. The average molecular weight is 594 g/mol. The summed E-state index contributed by atoms with van der Waals surface area (Å²) in [7, 11) is 0. The fraction of sp³-hybridized carbons (Fsp3) is 0.0698. The van der Waals surface area contributed by atoms with E-state index in [2.05, 4.69) is 121 Å². The van der Waals surface area contributed by atoms with E-state index < -0.39 is 5.41 Å². The maximum Gasteiger partial charge on any atom is 0.310 e. The van der Waals surface area contributed by atoms with Gasteiger partial charge in [0.1, 0.15) is 6.61 Å². The highest BCUT2D eigenvalue weighted by atomic mass is 16.5. The van der Waals surface area contributed by atoms with Gasteiger partial charge in [0.05, 0.1) is 23.0 Å². The van der Waals surface area contributed by atoms with Gasteiger partial charge in [0, 0.05) is 16.5 Å². The monoisotopic (exact) mass is 593 g/mol. The maximum atomic E-state index is 12.7. The number of carbonyl (C=O) groups excluding carboxylic acids is 1. The van der Waals surface area contributed by atoms with Crippen molar-refractivity contribution in [2.45, 2.75) is 18.4 Å². The summed E-state index contributed by atoms with van der Waals surface area (Å²) in [5, 5.41) is 1.14. The summed E-state index contributed by atoms with van der Waals surface area (Å²) in [5.41, 5.74) is 11.5. The van der Waals surface area contributed by atoms with Crippen LogP contribution < -0.4 is 0 Å². The van der Waals surface area contributed by atoms with Gasteiger partial charge in [-0.3, -0.25) is 4.79 Å². The largest absolute Gasteiger partial charge is 0.461 e. The van der Waals surface area contributed by atoms with Crippen LogP contribution in [0.1, 0.15) is 33.4 Å². The molecule has 1 aromatic heterocycles. The molecule has 3 nitrogen and oxygen atoms in total. The van der Waals surface area contributed by atoms with Crippen LogP contribution in [0.4, 0.5) is 0 Å². The molecule has 0 aliphatic heterocycles. The quantitative estimate of drug-likeness (QED) is 0.173. The minimum Gasteiger partial charge on any atom is -0.461 e. The van der Waals surface area contributed by atoms with Gasteiger partial charge in [-0.1, -0.05) is 158 Å². The molecule has 0 spiro atoms. The number of aromatic nitrogens is 1. The molecule has 0 amide bonds. The third kappa shape index (κ3) is 4.60. The first-order valence-corrected chi connectivity index (χ1v) is 15.7. The number of pyridine rings is 1. The third-order valence-electron chi connectivity index (χ3n) is 9.10. The lowest BCUT2D eigenvalue weighted by atomic mass is 9.67. The zero-order valence-corrected chi connectivity index (χ0v) is 25.3. The fourth-order valence-corrected chi connectivity index (χ4v) is 7.11. The molecule has 7 aromatic rings. The molecule has 220 valence electrons. The predicted octanol–water partition coefficient (Wildman–Crippen LogP) is 9.55. The number of esters is 1. The van der Waals surface area contributed by atoms with Gasteiger partial charge in [0.15, 0.2) is 0 Å². The summed E-state index contributed by atoms with van der Waals surface area (Å²) in [6, 6.07) is 56.9. The maximum absolute atomic E-state index is 12.7. The van der Waals surface area contributed by atoms with Crippen molar-refractivity contribution in [1.29, 1.82) is 0 Å². The topological polar surface area (TPSA) is 39.2 Å². The summed E-state index contributed by atoms with van der Waals surface area (Å²) >= 11 is 0. The van der Waals surface area contributed by atoms with E-state index in [9.17, 15) is 4.79 Å². The van der Waals surface area contributed by atoms with E-state index in [0.29, 0.717) is 0 Å². The molecule has 1 aliphatic rings. The lowest BCUT2D eigenvalue weighted by Gasteiger charge is -2.34. The number of fused-ring (bicyclic) bond motifs is 5. The van der Waals surface area contributed by atoms with Crippen molar-refractivity contribution in [2.24, 2.45) is 0 Å². The second kappa shape index (κ2) is 11.6. The van der Waals surface area contributed by atoms with Gasteiger partial charge in [0.2, 0.25) is 0 Å². The highest BCUT2D eigenvalue weighted by molar-refractivity contribution is 6.03. The first-order valence-electron chi connectivity index (χ1n) is 15.7. The Morgan fingerprint density at radius 3 is 1.87 bits per heavy atom. The Hall–Kier alpha value is -5.80. The second-order valence-corrected chi connectivity index (χ2v) is 11.8. The van der Waals surface area contributed by atoms with Crippen LogP contribution in [0.15, 0.2) is 164 Å². The first kappa shape index (κ1) is 27.7. The molecule has 6 aromatic carbocycles. The highest BCUT2D eigenvalue weighted by Gasteiger charge is 2.48. The highest BCUT2D eigenvalue weighted by Crippen LogP contribution is 2.59. The molecule has 1 aliphatic carbocycles.